The smallest absolute Gasteiger partial charge is 0.356 e. The van der Waals surface area contributed by atoms with E-state index < -0.39 is 19.3 Å². The van der Waals surface area contributed by atoms with Crippen LogP contribution in [-0.2, 0) is 24.9 Å². The van der Waals surface area contributed by atoms with Crippen molar-refractivity contribution >= 4 is 24.7 Å². The van der Waals surface area contributed by atoms with Gasteiger partial charge in [-0.25, -0.2) is 4.98 Å². The highest BCUT2D eigenvalue weighted by Gasteiger charge is 2.29. The number of aliphatic hydroxyl groups excluding tert-OH is 1. The molecular formula is C15H26N5O6P. The first kappa shape index (κ1) is 21.5. The predicted molar refractivity (Wildman–Crippen MR) is 99.4 cm³/mol. The number of fused-ring (bicyclic) bond motifs is 1. The summed E-state index contributed by atoms with van der Waals surface area (Å²) >= 11 is 0. The highest BCUT2D eigenvalue weighted by molar-refractivity contribution is 7.53. The second-order valence-electron chi connectivity index (χ2n) is 6.54. The highest BCUT2D eigenvalue weighted by Crippen LogP contribution is 2.50. The summed E-state index contributed by atoms with van der Waals surface area (Å²) in [7, 11) is -3.50. The summed E-state index contributed by atoms with van der Waals surface area (Å²) in [6, 6.07) is 0. The third-order valence-electron chi connectivity index (χ3n) is 3.31. The molecule has 11 nitrogen and oxygen atoms in total. The van der Waals surface area contributed by atoms with E-state index >= 15 is 0 Å². The van der Waals surface area contributed by atoms with Crippen molar-refractivity contribution in [3.05, 3.63) is 16.7 Å². The zero-order valence-electron chi connectivity index (χ0n) is 15.8. The normalized spacial score (nSPS) is 13.7. The van der Waals surface area contributed by atoms with E-state index in [1.54, 1.807) is 27.7 Å². The molecule has 1 unspecified atom stereocenters. The van der Waals surface area contributed by atoms with Gasteiger partial charge in [-0.15, -0.1) is 0 Å². The van der Waals surface area contributed by atoms with Gasteiger partial charge in [0.05, 0.1) is 37.8 Å². The Morgan fingerprint density at radius 3 is 2.48 bits per heavy atom. The zero-order chi connectivity index (χ0) is 20.2. The molecule has 27 heavy (non-hydrogen) atoms. The maximum Gasteiger partial charge on any atom is 0.356 e. The van der Waals surface area contributed by atoms with Gasteiger partial charge in [0, 0.05) is 0 Å². The van der Waals surface area contributed by atoms with Gasteiger partial charge in [0.25, 0.3) is 5.56 Å². The Morgan fingerprint density at radius 2 is 1.93 bits per heavy atom. The SMILES string of the molecule is CC(C)OP(=O)(COC(CO)Cn1cnc2c(=O)[nH]c(N)nc21)OC(C)C. The molecule has 1 atom stereocenters. The minimum atomic E-state index is -3.50. The number of aliphatic hydroxyl groups is 1. The number of nitrogens with two attached hydrogens (primary N) is 1. The number of hydrogen-bond donors (Lipinski definition) is 3. The fourth-order valence-corrected chi connectivity index (χ4v) is 4.26. The predicted octanol–water partition coefficient (Wildman–Crippen LogP) is 1.08. The molecule has 0 amide bonds. The molecule has 0 bridgehead atoms. The summed E-state index contributed by atoms with van der Waals surface area (Å²) in [6.07, 6.45) is -0.307. The largest absolute Gasteiger partial charge is 0.394 e. The van der Waals surface area contributed by atoms with E-state index in [9.17, 15) is 14.5 Å². The van der Waals surface area contributed by atoms with Crippen LogP contribution in [0.3, 0.4) is 0 Å². The van der Waals surface area contributed by atoms with Crippen LogP contribution in [0.5, 0.6) is 0 Å². The van der Waals surface area contributed by atoms with Crippen LogP contribution in [0.25, 0.3) is 11.2 Å². The minimum Gasteiger partial charge on any atom is -0.394 e. The molecule has 0 saturated heterocycles. The van der Waals surface area contributed by atoms with E-state index in [0.29, 0.717) is 0 Å². The lowest BCUT2D eigenvalue weighted by molar-refractivity contribution is 0.0112. The van der Waals surface area contributed by atoms with Crippen molar-refractivity contribution in [3.8, 4) is 0 Å². The number of nitrogens with one attached hydrogen (secondary N) is 1. The van der Waals surface area contributed by atoms with E-state index in [0.717, 1.165) is 0 Å². The highest BCUT2D eigenvalue weighted by atomic mass is 31.2. The third-order valence-corrected chi connectivity index (χ3v) is 5.26. The number of aromatic amines is 1. The van der Waals surface area contributed by atoms with E-state index in [1.165, 1.54) is 10.9 Å². The Bertz CT molecular complexity index is 850. The van der Waals surface area contributed by atoms with Gasteiger partial charge in [0.2, 0.25) is 5.95 Å². The molecule has 2 aromatic heterocycles. The van der Waals surface area contributed by atoms with Crippen LogP contribution in [0.1, 0.15) is 27.7 Å². The molecule has 0 aliphatic heterocycles. The van der Waals surface area contributed by atoms with E-state index in [4.69, 9.17) is 19.5 Å². The number of H-pyrrole nitrogens is 1. The monoisotopic (exact) mass is 403 g/mol. The summed E-state index contributed by atoms with van der Waals surface area (Å²) in [5.74, 6) is -0.0455. The molecule has 0 fully saturated rings. The number of nitrogen functional groups attached to an aromatic ring is 1. The van der Waals surface area contributed by atoms with Gasteiger partial charge < -0.3 is 29.2 Å². The number of rotatable bonds is 10. The Kier molecular flexibility index (Phi) is 7.12. The molecule has 0 radical (unpaired) electrons. The molecule has 152 valence electrons. The Labute approximate surface area is 156 Å². The van der Waals surface area contributed by atoms with E-state index in [-0.39, 0.29) is 48.8 Å². The summed E-state index contributed by atoms with van der Waals surface area (Å²) in [4.78, 5) is 22.2. The van der Waals surface area contributed by atoms with Crippen molar-refractivity contribution in [2.75, 3.05) is 18.7 Å². The van der Waals surface area contributed by atoms with Crippen molar-refractivity contribution in [2.24, 2.45) is 0 Å². The number of anilines is 1. The quantitative estimate of drug-likeness (QED) is 0.494. The fraction of sp³-hybridized carbons (Fsp3) is 0.667. The fourth-order valence-electron chi connectivity index (χ4n) is 2.41. The average molecular weight is 403 g/mol. The summed E-state index contributed by atoms with van der Waals surface area (Å²) < 4.78 is 30.8. The molecule has 2 rings (SSSR count). The second-order valence-corrected chi connectivity index (χ2v) is 8.44. The molecule has 0 saturated carbocycles. The zero-order valence-corrected chi connectivity index (χ0v) is 16.7. The van der Waals surface area contributed by atoms with Gasteiger partial charge in [-0.05, 0) is 27.7 Å². The number of imidazole rings is 1. The van der Waals surface area contributed by atoms with Crippen LogP contribution in [0.15, 0.2) is 11.1 Å². The van der Waals surface area contributed by atoms with Gasteiger partial charge in [-0.1, -0.05) is 0 Å². The van der Waals surface area contributed by atoms with Gasteiger partial charge >= 0.3 is 7.60 Å². The number of ether oxygens (including phenoxy) is 1. The second kappa shape index (κ2) is 8.94. The van der Waals surface area contributed by atoms with Crippen LogP contribution in [-0.4, -0.2) is 55.9 Å². The van der Waals surface area contributed by atoms with Crippen LogP contribution in [0.2, 0.25) is 0 Å². The van der Waals surface area contributed by atoms with Gasteiger partial charge in [-0.3, -0.25) is 14.3 Å². The topological polar surface area (TPSA) is 155 Å². The van der Waals surface area contributed by atoms with Crippen molar-refractivity contribution < 1.29 is 23.5 Å². The van der Waals surface area contributed by atoms with Crippen molar-refractivity contribution in [2.45, 2.75) is 52.6 Å². The van der Waals surface area contributed by atoms with E-state index in [1.807, 2.05) is 0 Å². The van der Waals surface area contributed by atoms with Crippen molar-refractivity contribution in [3.63, 3.8) is 0 Å². The number of nitrogens with zero attached hydrogens (tertiary/aromatic N) is 3. The average Bonchev–Trinajstić information content (AvgIpc) is 2.92. The molecule has 4 N–H and O–H groups in total. The Morgan fingerprint density at radius 1 is 1.30 bits per heavy atom. The van der Waals surface area contributed by atoms with Gasteiger partial charge in [0.15, 0.2) is 11.2 Å². The van der Waals surface area contributed by atoms with Crippen LogP contribution in [0, 0.1) is 0 Å². The number of aromatic nitrogens is 4. The molecule has 0 spiro atoms. The van der Waals surface area contributed by atoms with Gasteiger partial charge in [-0.2, -0.15) is 4.98 Å². The summed E-state index contributed by atoms with van der Waals surface area (Å²) in [5.41, 5.74) is 5.49. The maximum atomic E-state index is 12.8. The van der Waals surface area contributed by atoms with Crippen LogP contribution < -0.4 is 11.3 Å². The molecule has 0 aliphatic rings. The Hall–Kier alpha value is -1.78. The molecule has 2 heterocycles. The first-order chi connectivity index (χ1) is 12.6. The molecule has 2 aromatic rings. The lowest BCUT2D eigenvalue weighted by Gasteiger charge is -2.24. The Balaban J connectivity index is 2.13. The molecule has 0 aromatic carbocycles. The first-order valence-corrected chi connectivity index (χ1v) is 10.2. The summed E-state index contributed by atoms with van der Waals surface area (Å²) in [5, 5.41) is 9.62. The first-order valence-electron chi connectivity index (χ1n) is 8.52. The van der Waals surface area contributed by atoms with Crippen LogP contribution in [0.4, 0.5) is 5.95 Å². The van der Waals surface area contributed by atoms with Crippen molar-refractivity contribution in [1.82, 2.24) is 19.5 Å². The summed E-state index contributed by atoms with van der Waals surface area (Å²) in [6.45, 7) is 6.72. The van der Waals surface area contributed by atoms with Crippen LogP contribution >= 0.6 is 7.60 Å². The molecule has 0 aliphatic carbocycles. The lowest BCUT2D eigenvalue weighted by Crippen LogP contribution is -2.26. The standard InChI is InChI=1S/C15H26N5O6P/c1-9(2)25-27(23,26-10(3)4)8-24-11(6-21)5-20-7-17-12-13(20)18-15(16)19-14(12)22/h7,9-11,21H,5-6,8H2,1-4H3,(H3,16,18,19,22). The third kappa shape index (κ3) is 5.85. The maximum absolute atomic E-state index is 12.8. The molecule has 12 heteroatoms. The number of hydrogen-bond acceptors (Lipinski definition) is 9. The van der Waals surface area contributed by atoms with Gasteiger partial charge in [0.1, 0.15) is 6.35 Å². The van der Waals surface area contributed by atoms with E-state index in [2.05, 4.69) is 15.0 Å². The molecular weight excluding hydrogens is 377 g/mol. The minimum absolute atomic E-state index is 0.0455. The van der Waals surface area contributed by atoms with Crippen molar-refractivity contribution in [1.29, 1.82) is 0 Å². The lowest BCUT2D eigenvalue weighted by atomic mass is 10.3.